The molecule has 0 fully saturated rings. The number of anilines is 1. The maximum atomic E-state index is 11.5. The lowest BCUT2D eigenvalue weighted by molar-refractivity contribution is -0.136. The molecule has 0 bridgehead atoms. The third-order valence-corrected chi connectivity index (χ3v) is 5.71. The topological polar surface area (TPSA) is 141 Å². The van der Waals surface area contributed by atoms with Crippen molar-refractivity contribution in [3.63, 3.8) is 0 Å². The normalized spacial score (nSPS) is 9.19. The van der Waals surface area contributed by atoms with Crippen LogP contribution in [0.4, 0.5) is 5.69 Å². The number of hydrogen-bond donors (Lipinski definition) is 3. The van der Waals surface area contributed by atoms with Crippen molar-refractivity contribution >= 4 is 55.6 Å². The van der Waals surface area contributed by atoms with Crippen molar-refractivity contribution in [3.8, 4) is 5.88 Å². The van der Waals surface area contributed by atoms with Crippen LogP contribution in [-0.4, -0.2) is 67.2 Å². The lowest BCUT2D eigenvalue weighted by atomic mass is 10.2. The number of rotatable bonds is 12. The van der Waals surface area contributed by atoms with E-state index >= 15 is 0 Å². The highest BCUT2D eigenvalue weighted by atomic mass is 35.5. The molecule has 3 rings (SSSR count). The maximum absolute atomic E-state index is 11.5. The minimum Gasteiger partial charge on any atom is -0.481 e. The number of nitrogen functional groups attached to an aromatic ring is 1. The van der Waals surface area contributed by atoms with Gasteiger partial charge in [0.05, 0.1) is 37.1 Å². The van der Waals surface area contributed by atoms with Gasteiger partial charge in [0.15, 0.2) is 5.78 Å². The van der Waals surface area contributed by atoms with E-state index in [9.17, 15) is 14.4 Å². The van der Waals surface area contributed by atoms with Crippen LogP contribution < -0.4 is 15.8 Å². The number of Topliss-reactive ketones (excluding diaryl/α,β-unsaturated/α-hetero) is 1. The van der Waals surface area contributed by atoms with Gasteiger partial charge in [-0.15, -0.1) is 32.2 Å². The second-order valence-electron chi connectivity index (χ2n) is 8.32. The van der Waals surface area contributed by atoms with Crippen LogP contribution in [0.2, 0.25) is 0 Å². The number of halogens is 1. The lowest BCUT2D eigenvalue weighted by Gasteiger charge is -2.01. The van der Waals surface area contributed by atoms with Crippen LogP contribution in [0.25, 0.3) is 0 Å². The van der Waals surface area contributed by atoms with Gasteiger partial charge in [0.1, 0.15) is 0 Å². The number of carbonyl (C=O) groups is 3. The molecular weight excluding hydrogens is 609 g/mol. The van der Waals surface area contributed by atoms with Gasteiger partial charge in [-0.05, 0) is 61.3 Å². The molecule has 2 heterocycles. The van der Waals surface area contributed by atoms with E-state index in [2.05, 4.69) is 45.0 Å². The predicted octanol–water partition coefficient (Wildman–Crippen LogP) is 6.61. The number of nitrogens with one attached hydrogen (secondary N) is 1. The summed E-state index contributed by atoms with van der Waals surface area (Å²) in [5.41, 5.74) is 7.22. The van der Waals surface area contributed by atoms with Crippen molar-refractivity contribution in [2.45, 2.75) is 46.5 Å². The first-order valence-corrected chi connectivity index (χ1v) is 16.3. The monoisotopic (exact) mass is 655 g/mol. The standard InChI is InChI=1S/C11H17NOS.C9H11NO2.C8H9NO3.C2H7P.CH3Cl/c1-2-3-4-7-12-9-10(13)11-6-5-8-14-11;1-2-12-9(11)7-4-3-5-8(10)6-7;1-12-7-3-2-6(5-9-7)4-8(10)11;1-2-3;1-2/h5-6,8,12H,2-4,7,9H2,1H3;3-6H,2,10H2,1H3;2-3,5H,4H2,1H3,(H,10,11);2-3H2,1H3;1H3. The molecular formula is C31H47ClN3O6PS. The number of pyridine rings is 1. The largest absolute Gasteiger partial charge is 0.481 e. The summed E-state index contributed by atoms with van der Waals surface area (Å²) in [6.45, 7) is 7.84. The number of thiophene rings is 1. The van der Waals surface area contributed by atoms with Crippen LogP contribution in [-0.2, 0) is 16.0 Å². The summed E-state index contributed by atoms with van der Waals surface area (Å²) in [5, 5.41) is 13.5. The number of unbranched alkanes of at least 4 members (excludes halogenated alkanes) is 2. The van der Waals surface area contributed by atoms with E-state index < -0.39 is 5.97 Å². The van der Waals surface area contributed by atoms with E-state index in [1.54, 1.807) is 43.3 Å². The minimum atomic E-state index is -0.859. The van der Waals surface area contributed by atoms with E-state index in [0.29, 0.717) is 35.8 Å². The van der Waals surface area contributed by atoms with E-state index in [1.807, 2.05) is 17.5 Å². The number of methoxy groups -OCH3 is 1. The zero-order chi connectivity index (χ0) is 32.9. The van der Waals surface area contributed by atoms with Gasteiger partial charge in [-0.1, -0.05) is 44.9 Å². The van der Waals surface area contributed by atoms with Gasteiger partial charge < -0.3 is 25.6 Å². The number of ketones is 1. The summed E-state index contributed by atoms with van der Waals surface area (Å²) in [6, 6.07) is 13.8. The second-order valence-corrected chi connectivity index (χ2v) is 10.1. The molecule has 0 spiro atoms. The Morgan fingerprint density at radius 2 is 1.77 bits per heavy atom. The number of nitrogens with zero attached hydrogens (tertiary/aromatic N) is 1. The minimum absolute atomic E-state index is 0.00298. The Hall–Kier alpha value is -3.04. The fourth-order valence-corrected chi connectivity index (χ4v) is 3.58. The Morgan fingerprint density at radius 1 is 1.07 bits per heavy atom. The summed E-state index contributed by atoms with van der Waals surface area (Å²) in [5.74, 6) is -0.493. The first-order chi connectivity index (χ1) is 20.7. The number of nitrogens with two attached hydrogens (primary N) is 1. The highest BCUT2D eigenvalue weighted by molar-refractivity contribution is 7.16. The van der Waals surface area contributed by atoms with Gasteiger partial charge in [0, 0.05) is 24.3 Å². The third-order valence-electron chi connectivity index (χ3n) is 4.80. The molecule has 0 aliphatic heterocycles. The van der Waals surface area contributed by atoms with E-state index in [1.165, 1.54) is 50.0 Å². The summed E-state index contributed by atoms with van der Waals surface area (Å²) < 4.78 is 9.60. The molecule has 0 radical (unpaired) electrons. The first-order valence-electron chi connectivity index (χ1n) is 13.8. The zero-order valence-electron chi connectivity index (χ0n) is 25.8. The SMILES string of the molecule is CCCCCNCC(=O)c1cccs1.CCOC(=O)c1cccc(N)c1.CCP.CCl.COc1ccc(CC(=O)O)cn1. The average Bonchev–Trinajstić information content (AvgIpc) is 3.55. The molecule has 2 aromatic heterocycles. The van der Waals surface area contributed by atoms with Gasteiger partial charge in [-0.25, -0.2) is 9.78 Å². The van der Waals surface area contributed by atoms with Gasteiger partial charge >= 0.3 is 11.9 Å². The maximum Gasteiger partial charge on any atom is 0.338 e. The van der Waals surface area contributed by atoms with Crippen LogP contribution in [0, 0.1) is 0 Å². The molecule has 1 unspecified atom stereocenters. The Morgan fingerprint density at radius 3 is 2.26 bits per heavy atom. The molecule has 9 nitrogen and oxygen atoms in total. The number of carboxylic acids is 1. The molecule has 240 valence electrons. The highest BCUT2D eigenvalue weighted by Gasteiger charge is 2.05. The van der Waals surface area contributed by atoms with E-state index in [-0.39, 0.29) is 18.2 Å². The van der Waals surface area contributed by atoms with Crippen molar-refractivity contribution in [2.24, 2.45) is 0 Å². The molecule has 0 saturated carbocycles. The quantitative estimate of drug-likeness (QED) is 0.0491. The molecule has 0 aliphatic rings. The molecule has 0 saturated heterocycles. The molecule has 0 amide bonds. The summed E-state index contributed by atoms with van der Waals surface area (Å²) >= 11 is 6.15. The van der Waals surface area contributed by atoms with Crippen LogP contribution in [0.3, 0.4) is 0 Å². The Labute approximate surface area is 267 Å². The number of carbonyl (C=O) groups excluding carboxylic acids is 2. The summed E-state index contributed by atoms with van der Waals surface area (Å²) in [7, 11) is 4.09. The second kappa shape index (κ2) is 29.1. The van der Waals surface area contributed by atoms with Gasteiger partial charge in [-0.2, -0.15) is 0 Å². The number of alkyl halides is 1. The van der Waals surface area contributed by atoms with Crippen molar-refractivity contribution < 1.29 is 29.0 Å². The van der Waals surface area contributed by atoms with Gasteiger partial charge in [0.2, 0.25) is 5.88 Å². The molecule has 0 aliphatic carbocycles. The summed E-state index contributed by atoms with van der Waals surface area (Å²) in [4.78, 5) is 37.6. The molecule has 3 aromatic rings. The van der Waals surface area contributed by atoms with E-state index in [4.69, 9.17) is 20.3 Å². The van der Waals surface area contributed by atoms with Gasteiger partial charge in [0.25, 0.3) is 0 Å². The lowest BCUT2D eigenvalue weighted by Crippen LogP contribution is -2.23. The number of esters is 1. The number of hydrogen-bond acceptors (Lipinski definition) is 9. The van der Waals surface area contributed by atoms with E-state index in [0.717, 1.165) is 17.8 Å². The molecule has 1 aromatic carbocycles. The Balaban J connectivity index is 0. The van der Waals surface area contributed by atoms with Crippen molar-refractivity contribution in [1.82, 2.24) is 10.3 Å². The number of aliphatic carboxylic acids is 1. The molecule has 12 heteroatoms. The number of carboxylic acid groups (broad SMARTS) is 1. The number of aromatic nitrogens is 1. The predicted molar refractivity (Wildman–Crippen MR) is 182 cm³/mol. The van der Waals surface area contributed by atoms with Gasteiger partial charge in [-0.3, -0.25) is 9.59 Å². The molecule has 4 N–H and O–H groups in total. The Kier molecular flexibility index (Phi) is 28.4. The van der Waals surface area contributed by atoms with Crippen LogP contribution in [0.5, 0.6) is 5.88 Å². The molecule has 43 heavy (non-hydrogen) atoms. The fraction of sp³-hybridized carbons (Fsp3) is 0.419. The summed E-state index contributed by atoms with van der Waals surface area (Å²) in [6.07, 6.45) is 7.75. The zero-order valence-corrected chi connectivity index (χ0v) is 28.5. The smallest absolute Gasteiger partial charge is 0.338 e. The molecule has 1 atom stereocenters. The number of benzene rings is 1. The van der Waals surface area contributed by atoms with Crippen LogP contribution >= 0.6 is 32.2 Å². The van der Waals surface area contributed by atoms with Crippen molar-refractivity contribution in [1.29, 1.82) is 0 Å². The fourth-order valence-electron chi connectivity index (χ4n) is 2.92. The van der Waals surface area contributed by atoms with Crippen molar-refractivity contribution in [2.75, 3.05) is 45.1 Å². The number of ether oxygens (including phenoxy) is 2. The Bertz CT molecular complexity index is 1120. The van der Waals surface area contributed by atoms with Crippen LogP contribution in [0.15, 0.2) is 60.1 Å². The van der Waals surface area contributed by atoms with Crippen molar-refractivity contribution in [3.05, 3.63) is 76.1 Å². The van der Waals surface area contributed by atoms with Crippen LogP contribution in [0.1, 0.15) is 65.6 Å². The highest BCUT2D eigenvalue weighted by Crippen LogP contribution is 2.09. The average molecular weight is 656 g/mol. The first kappa shape index (κ1) is 42.1. The third kappa shape index (κ3) is 23.1.